The number of hydrogen-bond acceptors (Lipinski definition) is 7. The molecule has 0 spiro atoms. The van der Waals surface area contributed by atoms with Crippen LogP contribution in [0.1, 0.15) is 0 Å². The van der Waals surface area contributed by atoms with Gasteiger partial charge in [-0.2, -0.15) is 0 Å². The van der Waals surface area contributed by atoms with Crippen LogP contribution in [0.3, 0.4) is 0 Å². The molecule has 0 saturated heterocycles. The molecular formula is C13H29NO6. The lowest BCUT2D eigenvalue weighted by molar-refractivity contribution is -0.0130. The summed E-state index contributed by atoms with van der Waals surface area (Å²) in [7, 11) is 1.89. The molecule has 2 N–H and O–H groups in total. The Balaban J connectivity index is 2.89. The molecule has 7 heteroatoms. The van der Waals surface area contributed by atoms with E-state index in [0.717, 1.165) is 6.54 Å². The first-order valence-corrected chi connectivity index (χ1v) is 7.06. The van der Waals surface area contributed by atoms with Crippen LogP contribution in [-0.2, 0) is 23.7 Å². The summed E-state index contributed by atoms with van der Waals surface area (Å²) in [6, 6.07) is 0. The minimum atomic E-state index is 0.0453. The Hall–Kier alpha value is -0.280. The van der Waals surface area contributed by atoms with E-state index < -0.39 is 0 Å². The zero-order chi connectivity index (χ0) is 14.7. The first-order valence-electron chi connectivity index (χ1n) is 7.06. The maximum Gasteiger partial charge on any atom is 0.0701 e. The lowest BCUT2D eigenvalue weighted by atomic mass is 10.6. The van der Waals surface area contributed by atoms with Crippen molar-refractivity contribution in [2.24, 2.45) is 0 Å². The van der Waals surface area contributed by atoms with Crippen LogP contribution in [0, 0.1) is 0 Å². The van der Waals surface area contributed by atoms with Gasteiger partial charge in [-0.15, -0.1) is 0 Å². The molecule has 7 nitrogen and oxygen atoms in total. The normalized spacial score (nSPS) is 11.1. The molecule has 0 radical (unpaired) electrons. The molecule has 0 aliphatic heterocycles. The fraction of sp³-hybridized carbons (Fsp3) is 1.00. The number of aliphatic hydroxyl groups excluding tert-OH is 1. The first-order chi connectivity index (χ1) is 9.91. The van der Waals surface area contributed by atoms with Crippen LogP contribution in [0.4, 0.5) is 0 Å². The predicted octanol–water partition coefficient (Wildman–Crippen LogP) is -0.719. The Morgan fingerprint density at radius 1 is 0.600 bits per heavy atom. The minimum absolute atomic E-state index is 0.0453. The summed E-state index contributed by atoms with van der Waals surface area (Å²) in [6.45, 7) is 6.38. The average Bonchev–Trinajstić information content (AvgIpc) is 2.47. The van der Waals surface area contributed by atoms with Gasteiger partial charge in [0.2, 0.25) is 0 Å². The largest absolute Gasteiger partial charge is 0.394 e. The van der Waals surface area contributed by atoms with E-state index in [2.05, 4.69) is 5.32 Å². The highest BCUT2D eigenvalue weighted by molar-refractivity contribution is 4.37. The number of ether oxygens (including phenoxy) is 5. The Morgan fingerprint density at radius 2 is 0.950 bits per heavy atom. The van der Waals surface area contributed by atoms with Crippen LogP contribution < -0.4 is 5.32 Å². The average molecular weight is 295 g/mol. The third-order valence-electron chi connectivity index (χ3n) is 2.22. The van der Waals surface area contributed by atoms with Gasteiger partial charge < -0.3 is 34.1 Å². The van der Waals surface area contributed by atoms with E-state index in [-0.39, 0.29) is 6.61 Å². The molecule has 20 heavy (non-hydrogen) atoms. The van der Waals surface area contributed by atoms with Gasteiger partial charge in [-0.1, -0.05) is 0 Å². The van der Waals surface area contributed by atoms with E-state index in [9.17, 15) is 0 Å². The first kappa shape index (κ1) is 19.7. The van der Waals surface area contributed by atoms with Crippen molar-refractivity contribution in [3.63, 3.8) is 0 Å². The highest BCUT2D eigenvalue weighted by atomic mass is 16.6. The quantitative estimate of drug-likeness (QED) is 0.343. The lowest BCUT2D eigenvalue weighted by Gasteiger charge is -2.07. The standard InChI is InChI=1S/C13H29NO6/c1-14-2-4-16-6-8-18-10-12-20-13-11-19-9-7-17-5-3-15/h14-15H,2-13H2,1H3. The third kappa shape index (κ3) is 17.7. The minimum Gasteiger partial charge on any atom is -0.394 e. The third-order valence-corrected chi connectivity index (χ3v) is 2.22. The number of nitrogens with one attached hydrogen (secondary N) is 1. The lowest BCUT2D eigenvalue weighted by Crippen LogP contribution is -2.17. The van der Waals surface area contributed by atoms with Gasteiger partial charge in [0.15, 0.2) is 0 Å². The van der Waals surface area contributed by atoms with E-state index in [4.69, 9.17) is 28.8 Å². The van der Waals surface area contributed by atoms with Gasteiger partial charge >= 0.3 is 0 Å². The Bertz CT molecular complexity index is 155. The van der Waals surface area contributed by atoms with Gasteiger partial charge in [0.1, 0.15) is 0 Å². The molecule has 0 unspecified atom stereocenters. The summed E-state index contributed by atoms with van der Waals surface area (Å²) in [5.74, 6) is 0. The molecule has 0 rings (SSSR count). The predicted molar refractivity (Wildman–Crippen MR) is 75.1 cm³/mol. The van der Waals surface area contributed by atoms with E-state index in [1.54, 1.807) is 0 Å². The van der Waals surface area contributed by atoms with Crippen LogP contribution in [0.5, 0.6) is 0 Å². The van der Waals surface area contributed by atoms with Crippen molar-refractivity contribution in [3.8, 4) is 0 Å². The summed E-state index contributed by atoms with van der Waals surface area (Å²) in [4.78, 5) is 0. The van der Waals surface area contributed by atoms with Crippen molar-refractivity contribution in [2.45, 2.75) is 0 Å². The van der Waals surface area contributed by atoms with Crippen molar-refractivity contribution in [2.75, 3.05) is 86.3 Å². The van der Waals surface area contributed by atoms with E-state index >= 15 is 0 Å². The molecule has 0 saturated carbocycles. The zero-order valence-electron chi connectivity index (χ0n) is 12.5. The van der Waals surface area contributed by atoms with Gasteiger partial charge in [-0.05, 0) is 7.05 Å². The molecule has 0 heterocycles. The molecule has 0 atom stereocenters. The summed E-state index contributed by atoms with van der Waals surface area (Å²) < 4.78 is 26.3. The van der Waals surface area contributed by atoms with Gasteiger partial charge in [0, 0.05) is 6.54 Å². The Kier molecular flexibility index (Phi) is 18.5. The molecular weight excluding hydrogens is 266 g/mol. The van der Waals surface area contributed by atoms with Crippen molar-refractivity contribution < 1.29 is 28.8 Å². The van der Waals surface area contributed by atoms with Crippen molar-refractivity contribution in [1.29, 1.82) is 0 Å². The van der Waals surface area contributed by atoms with E-state index in [1.807, 2.05) is 7.05 Å². The second-order valence-corrected chi connectivity index (χ2v) is 3.89. The summed E-state index contributed by atoms with van der Waals surface area (Å²) >= 11 is 0. The maximum absolute atomic E-state index is 8.47. The summed E-state index contributed by atoms with van der Waals surface area (Å²) in [6.07, 6.45) is 0. The summed E-state index contributed by atoms with van der Waals surface area (Å²) in [5.41, 5.74) is 0. The van der Waals surface area contributed by atoms with Crippen LogP contribution in [0.2, 0.25) is 0 Å². The molecule has 0 aromatic heterocycles. The SMILES string of the molecule is CNCCOCCOCCOCCOCCOCCO. The van der Waals surface area contributed by atoms with Crippen molar-refractivity contribution in [1.82, 2.24) is 5.32 Å². The van der Waals surface area contributed by atoms with Crippen molar-refractivity contribution in [3.05, 3.63) is 0 Å². The van der Waals surface area contributed by atoms with Crippen LogP contribution in [0.15, 0.2) is 0 Å². The van der Waals surface area contributed by atoms with Gasteiger partial charge in [-0.3, -0.25) is 0 Å². The molecule has 0 aliphatic carbocycles. The van der Waals surface area contributed by atoms with Gasteiger partial charge in [0.25, 0.3) is 0 Å². The zero-order valence-corrected chi connectivity index (χ0v) is 12.5. The number of likely N-dealkylation sites (N-methyl/N-ethyl adjacent to an activating group) is 1. The summed E-state index contributed by atoms with van der Waals surface area (Å²) in [5, 5.41) is 11.5. The molecule has 0 aromatic carbocycles. The Morgan fingerprint density at radius 3 is 1.30 bits per heavy atom. The second-order valence-electron chi connectivity index (χ2n) is 3.89. The fourth-order valence-corrected chi connectivity index (χ4v) is 1.22. The molecule has 0 amide bonds. The highest BCUT2D eigenvalue weighted by Gasteiger charge is 1.93. The number of rotatable bonds is 17. The fourth-order valence-electron chi connectivity index (χ4n) is 1.22. The van der Waals surface area contributed by atoms with E-state index in [0.29, 0.717) is 66.1 Å². The maximum atomic E-state index is 8.47. The monoisotopic (exact) mass is 295 g/mol. The van der Waals surface area contributed by atoms with Crippen LogP contribution >= 0.6 is 0 Å². The van der Waals surface area contributed by atoms with Gasteiger partial charge in [-0.25, -0.2) is 0 Å². The molecule has 0 bridgehead atoms. The number of hydrogen-bond donors (Lipinski definition) is 2. The van der Waals surface area contributed by atoms with Crippen LogP contribution in [-0.4, -0.2) is 91.4 Å². The van der Waals surface area contributed by atoms with E-state index in [1.165, 1.54) is 0 Å². The van der Waals surface area contributed by atoms with Crippen LogP contribution in [0.25, 0.3) is 0 Å². The molecule has 122 valence electrons. The second kappa shape index (κ2) is 18.7. The molecule has 0 aromatic rings. The van der Waals surface area contributed by atoms with Crippen molar-refractivity contribution >= 4 is 0 Å². The molecule has 0 fully saturated rings. The topological polar surface area (TPSA) is 78.4 Å². The Labute approximate surface area is 121 Å². The number of aliphatic hydroxyl groups is 1. The molecule has 0 aliphatic rings. The van der Waals surface area contributed by atoms with Gasteiger partial charge in [0.05, 0.1) is 72.7 Å². The highest BCUT2D eigenvalue weighted by Crippen LogP contribution is 1.83. The smallest absolute Gasteiger partial charge is 0.0701 e.